The normalized spacial score (nSPS) is 13.6. The third kappa shape index (κ3) is 15.9. The molecule has 0 saturated heterocycles. The number of benzene rings is 2. The second-order valence-corrected chi connectivity index (χ2v) is 11.4. The molecular formula is C26H20F10N2O4S2Ti. The summed E-state index contributed by atoms with van der Waals surface area (Å²) in [7, 11) is -11.1. The Balaban J connectivity index is 0.000000644. The Bertz CT molecular complexity index is 1440. The van der Waals surface area contributed by atoms with Gasteiger partial charge in [-0.1, -0.05) is 0 Å². The topological polar surface area (TPSA) is 92.3 Å². The number of nitrogens with one attached hydrogen (secondary N) is 2. The fourth-order valence-corrected chi connectivity index (χ4v) is 3.43. The van der Waals surface area contributed by atoms with E-state index in [0.717, 1.165) is 46.6 Å². The van der Waals surface area contributed by atoms with Gasteiger partial charge in [-0.05, 0) is 13.1 Å². The Hall–Kier alpha value is -2.77. The van der Waals surface area contributed by atoms with Crippen LogP contribution in [0.25, 0.3) is 0 Å². The standard InChI is InChI=1S/2C8H5F5NO2S.2C5H5.Ti/c2*9-6-2-1-5(7(10)3-6)4-14-17(15,16)8(11,12)13;2*1-2-4-5-3-1;/h2*1-2,14H,4H2;2*1-3H,4H2;/q4*-1;+4. The minimum atomic E-state index is -5.55. The molecule has 0 amide bonds. The molecule has 2 aromatic carbocycles. The Labute approximate surface area is 267 Å². The van der Waals surface area contributed by atoms with Gasteiger partial charge in [-0.3, -0.25) is 12.2 Å². The van der Waals surface area contributed by atoms with E-state index in [-0.39, 0.29) is 21.7 Å². The molecule has 0 spiro atoms. The molecule has 2 aromatic rings. The fraction of sp³-hybridized carbons (Fsp3) is 0.231. The Kier molecular flexibility index (Phi) is 17.9. The van der Waals surface area contributed by atoms with Gasteiger partial charge >= 0.3 is 52.8 Å². The van der Waals surface area contributed by atoms with Crippen LogP contribution in [0.1, 0.15) is 24.0 Å². The predicted molar refractivity (Wildman–Crippen MR) is 137 cm³/mol. The van der Waals surface area contributed by atoms with Gasteiger partial charge in [-0.15, -0.1) is 48.2 Å². The van der Waals surface area contributed by atoms with Crippen LogP contribution in [0.15, 0.2) is 60.7 Å². The first kappa shape index (κ1) is 42.2. The summed E-state index contributed by atoms with van der Waals surface area (Å²) in [4.78, 5) is 0. The molecule has 0 aliphatic heterocycles. The zero-order chi connectivity index (χ0) is 33.6. The van der Waals surface area contributed by atoms with Crippen molar-refractivity contribution in [2.75, 3.05) is 0 Å². The number of alkyl halides is 6. The van der Waals surface area contributed by atoms with Crippen molar-refractivity contribution in [3.8, 4) is 0 Å². The van der Waals surface area contributed by atoms with Crippen molar-refractivity contribution >= 4 is 20.0 Å². The van der Waals surface area contributed by atoms with E-state index in [9.17, 15) is 60.7 Å². The van der Waals surface area contributed by atoms with Gasteiger partial charge in [0.2, 0.25) is 0 Å². The first-order valence-corrected chi connectivity index (χ1v) is 14.5. The van der Waals surface area contributed by atoms with E-state index in [1.165, 1.54) is 0 Å². The van der Waals surface area contributed by atoms with Crippen molar-refractivity contribution in [2.24, 2.45) is 0 Å². The summed E-state index contributed by atoms with van der Waals surface area (Å²) < 4.78 is 166. The van der Waals surface area contributed by atoms with E-state index in [1.807, 2.05) is 24.3 Å². The number of allylic oxidation sites excluding steroid dienone is 8. The number of hydrogen-bond acceptors (Lipinski definition) is 4. The van der Waals surface area contributed by atoms with Crippen LogP contribution in [0.5, 0.6) is 0 Å². The molecule has 0 atom stereocenters. The molecular weight excluding hydrogens is 706 g/mol. The molecule has 0 fully saturated rings. The number of rotatable bonds is 6. The number of sulfonamides is 2. The van der Waals surface area contributed by atoms with E-state index < -0.39 is 78.5 Å². The third-order valence-electron chi connectivity index (χ3n) is 4.57. The Morgan fingerprint density at radius 1 is 0.622 bits per heavy atom. The van der Waals surface area contributed by atoms with E-state index in [1.54, 1.807) is 12.1 Å². The van der Waals surface area contributed by atoms with Crippen LogP contribution in [0.2, 0.25) is 0 Å². The van der Waals surface area contributed by atoms with Crippen molar-refractivity contribution in [3.05, 3.63) is 119 Å². The molecule has 244 valence electrons. The summed E-state index contributed by atoms with van der Waals surface area (Å²) in [6, 6.07) is 6.27. The van der Waals surface area contributed by atoms with Gasteiger partial charge in [-0.25, -0.2) is 68.1 Å². The van der Waals surface area contributed by atoms with Crippen LogP contribution in [0.3, 0.4) is 0 Å². The molecule has 6 nitrogen and oxygen atoms in total. The quantitative estimate of drug-likeness (QED) is 0.217. The smallest absolute Gasteiger partial charge is 0.273 e. The molecule has 19 heteroatoms. The molecule has 2 N–H and O–H groups in total. The van der Waals surface area contributed by atoms with Crippen LogP contribution >= 0.6 is 0 Å². The molecule has 0 radical (unpaired) electrons. The average Bonchev–Trinajstić information content (AvgIpc) is 3.67. The van der Waals surface area contributed by atoms with Gasteiger partial charge < -0.3 is 0 Å². The molecule has 0 bridgehead atoms. The van der Waals surface area contributed by atoms with Gasteiger partial charge in [0.25, 0.3) is 0 Å². The van der Waals surface area contributed by atoms with Crippen LogP contribution < -0.4 is 9.44 Å². The second kappa shape index (κ2) is 19.0. The minimum Gasteiger partial charge on any atom is -0.273 e. The first-order chi connectivity index (χ1) is 20.3. The zero-order valence-corrected chi connectivity index (χ0v) is 25.5. The molecule has 0 saturated carbocycles. The van der Waals surface area contributed by atoms with E-state index in [2.05, 4.69) is 24.3 Å². The third-order valence-corrected chi connectivity index (χ3v) is 6.84. The van der Waals surface area contributed by atoms with Gasteiger partial charge in [0.1, 0.15) is 0 Å². The van der Waals surface area contributed by atoms with Crippen LogP contribution in [0.4, 0.5) is 43.9 Å². The summed E-state index contributed by atoms with van der Waals surface area (Å²) >= 11 is 0. The number of halogens is 10. The molecule has 45 heavy (non-hydrogen) atoms. The molecule has 0 unspecified atom stereocenters. The van der Waals surface area contributed by atoms with Crippen LogP contribution in [-0.4, -0.2) is 27.9 Å². The van der Waals surface area contributed by atoms with Crippen molar-refractivity contribution in [2.45, 2.75) is 36.9 Å². The maximum absolute atomic E-state index is 12.9. The Morgan fingerprint density at radius 3 is 1.16 bits per heavy atom. The van der Waals surface area contributed by atoms with Crippen molar-refractivity contribution in [1.29, 1.82) is 0 Å². The zero-order valence-electron chi connectivity index (χ0n) is 22.3. The summed E-state index contributed by atoms with van der Waals surface area (Å²) in [6.07, 6.45) is 20.0. The Morgan fingerprint density at radius 2 is 0.956 bits per heavy atom. The van der Waals surface area contributed by atoms with Crippen LogP contribution in [-0.2, 0) is 54.9 Å². The van der Waals surface area contributed by atoms with Crippen molar-refractivity contribution in [1.82, 2.24) is 9.44 Å². The van der Waals surface area contributed by atoms with Gasteiger partial charge in [0.15, 0.2) is 0 Å². The van der Waals surface area contributed by atoms with Gasteiger partial charge in [0, 0.05) is 23.3 Å². The molecule has 0 aromatic heterocycles. The maximum atomic E-state index is 12.9. The average molecular weight is 726 g/mol. The van der Waals surface area contributed by atoms with Gasteiger partial charge in [0.05, 0.1) is 0 Å². The first-order valence-electron chi connectivity index (χ1n) is 11.5. The largest absolute Gasteiger partial charge is 4.00 e. The summed E-state index contributed by atoms with van der Waals surface area (Å²) in [6.45, 7) is -1.88. The second-order valence-electron chi connectivity index (χ2n) is 7.84. The van der Waals surface area contributed by atoms with Crippen molar-refractivity contribution in [3.63, 3.8) is 0 Å². The molecule has 2 aliphatic carbocycles. The van der Waals surface area contributed by atoms with E-state index in [4.69, 9.17) is 0 Å². The minimum absolute atomic E-state index is 0. The monoisotopic (exact) mass is 726 g/mol. The summed E-state index contributed by atoms with van der Waals surface area (Å²) in [5, 5.41) is 0. The molecule has 4 rings (SSSR count). The molecule has 0 heterocycles. The van der Waals surface area contributed by atoms with Crippen molar-refractivity contribution < 1.29 is 82.5 Å². The predicted octanol–water partition coefficient (Wildman–Crippen LogP) is 6.02. The molecule has 2 aliphatic rings. The summed E-state index contributed by atoms with van der Waals surface area (Å²) in [5.41, 5.74) is -11.8. The number of hydrogen-bond donors (Lipinski definition) is 2. The van der Waals surface area contributed by atoms with E-state index >= 15 is 0 Å². The van der Waals surface area contributed by atoms with Gasteiger partial charge in [-0.2, -0.15) is 50.6 Å². The van der Waals surface area contributed by atoms with Crippen LogP contribution in [0, 0.1) is 47.6 Å². The van der Waals surface area contributed by atoms with E-state index in [0.29, 0.717) is 0 Å². The fourth-order valence-electron chi connectivity index (χ4n) is 2.41. The summed E-state index contributed by atoms with van der Waals surface area (Å²) in [5.74, 6) is -4.58. The maximum Gasteiger partial charge on any atom is 4.00 e. The SMILES string of the molecule is O=S(=O)(NCc1ccc(F)[c-]c1F)C(F)(F)F.O=S(=O)(NCc1ccc(F)[c-]c1F)C(F)(F)F.[C-]1=CC=CC1.[C-]1=CC=CC1.[Ti+4].